The third-order valence-corrected chi connectivity index (χ3v) is 16.4. The topological polar surface area (TPSA) is 351 Å². The zero-order valence-corrected chi connectivity index (χ0v) is 35.3. The Hall–Kier alpha value is -8.79. The maximum atomic E-state index is 11.6. The maximum absolute atomic E-state index is 11.6. The molecule has 1 aliphatic heterocycles. The summed E-state index contributed by atoms with van der Waals surface area (Å²) < 4.78 is 52.9. The van der Waals surface area contributed by atoms with Crippen LogP contribution in [-0.2, 0) is 0 Å². The molecule has 7 rings (SSSR count). The zero-order chi connectivity index (χ0) is 47.2. The van der Waals surface area contributed by atoms with Crippen molar-refractivity contribution >= 4 is 57.1 Å². The van der Waals surface area contributed by atoms with Gasteiger partial charge in [0, 0.05) is 72.8 Å². The van der Waals surface area contributed by atoms with E-state index in [9.17, 15) is 60.7 Å². The zero-order valence-electron chi connectivity index (χ0n) is 32.6. The number of hydrogen-bond donors (Lipinski definition) is 0. The second-order valence-electron chi connectivity index (χ2n) is 12.8. The Bertz CT molecular complexity index is 2530. The molecule has 30 heteroatoms. The Balaban J connectivity index is 1.58. The third kappa shape index (κ3) is 10.7. The van der Waals surface area contributed by atoms with Crippen LogP contribution in [0.25, 0.3) is 0 Å². The summed E-state index contributed by atoms with van der Waals surface area (Å²) in [5, 5.41) is 69.7. The van der Waals surface area contributed by atoms with Crippen LogP contribution in [-0.4, -0.2) is 29.5 Å². The molecule has 0 atom stereocenters. The minimum atomic E-state index is -4.82. The number of hydrogen-bond acceptors (Lipinski definition) is 21. The van der Waals surface area contributed by atoms with Crippen LogP contribution in [0, 0.1) is 60.7 Å². The van der Waals surface area contributed by atoms with E-state index < -0.39 is 52.5 Å². The molecular formula is C36H24N9O18P3. The molecule has 0 unspecified atom stereocenters. The maximum Gasteiger partial charge on any atom is 0.460 e. The van der Waals surface area contributed by atoms with Gasteiger partial charge in [-0.05, 0) is 72.8 Å². The summed E-state index contributed by atoms with van der Waals surface area (Å²) in [6.07, 6.45) is 0. The van der Waals surface area contributed by atoms with Crippen LogP contribution in [0.1, 0.15) is 0 Å². The van der Waals surface area contributed by atoms with Crippen molar-refractivity contribution in [3.05, 3.63) is 206 Å². The summed E-state index contributed by atoms with van der Waals surface area (Å²) in [5.41, 5.74) is -2.29. The average Bonchev–Trinajstić information content (AvgIpc) is 3.27. The minimum absolute atomic E-state index is 0.224. The van der Waals surface area contributed by atoms with Gasteiger partial charge >= 0.3 is 23.0 Å². The largest absolute Gasteiger partial charge is 0.460 e. The predicted octanol–water partition coefficient (Wildman–Crippen LogP) is 11.8. The van der Waals surface area contributed by atoms with Crippen molar-refractivity contribution < 1.29 is 56.7 Å². The minimum Gasteiger partial charge on any atom is -0.413 e. The van der Waals surface area contributed by atoms with Crippen LogP contribution in [0.2, 0.25) is 0 Å². The van der Waals surface area contributed by atoms with Gasteiger partial charge in [-0.25, -0.2) is 0 Å². The Morgan fingerprint density at radius 2 is 0.379 bits per heavy atom. The first-order valence-electron chi connectivity index (χ1n) is 18.0. The second kappa shape index (κ2) is 18.5. The summed E-state index contributed by atoms with van der Waals surface area (Å²) in [5.74, 6) is -1.35. The molecule has 0 radical (unpaired) electrons. The smallest absolute Gasteiger partial charge is 0.413 e. The molecule has 0 amide bonds. The van der Waals surface area contributed by atoms with E-state index in [2.05, 4.69) is 0 Å². The summed E-state index contributed by atoms with van der Waals surface area (Å²) in [7, 11) is -14.5. The number of benzene rings is 6. The highest BCUT2D eigenvalue weighted by Gasteiger charge is 2.49. The highest BCUT2D eigenvalue weighted by molar-refractivity contribution is 7.79. The van der Waals surface area contributed by atoms with E-state index in [0.29, 0.717) is 0 Å². The molecule has 6 aromatic rings. The summed E-state index contributed by atoms with van der Waals surface area (Å²) in [6.45, 7) is 0. The first kappa shape index (κ1) is 45.2. The van der Waals surface area contributed by atoms with Gasteiger partial charge in [-0.2, -0.15) is 0 Å². The van der Waals surface area contributed by atoms with E-state index in [1.54, 1.807) is 0 Å². The SMILES string of the molecule is O=[N+]([O-])c1ccc(OP2(Oc3ccc([N+](=O)[O-])cc3)=NP(Oc3ccc([N+](=O)[O-])cc3)(Oc3ccc([N+](=O)[O-])cc3)=NP(Oc3ccc([N+](=O)[O-])cc3)(Oc3ccc([N+](=O)[O-])cc3)=N2)cc1. The first-order chi connectivity index (χ1) is 31.4. The van der Waals surface area contributed by atoms with E-state index in [1.807, 2.05) is 0 Å². The first-order valence-corrected chi connectivity index (χ1v) is 22.6. The van der Waals surface area contributed by atoms with Crippen molar-refractivity contribution in [1.82, 2.24) is 0 Å². The van der Waals surface area contributed by atoms with Crippen molar-refractivity contribution in [2.24, 2.45) is 13.5 Å². The van der Waals surface area contributed by atoms with Gasteiger partial charge in [0.15, 0.2) is 0 Å². The van der Waals surface area contributed by atoms with Gasteiger partial charge in [0.05, 0.1) is 29.5 Å². The van der Waals surface area contributed by atoms with Gasteiger partial charge in [-0.1, -0.05) is 13.5 Å². The Morgan fingerprint density at radius 1 is 0.258 bits per heavy atom. The quantitative estimate of drug-likeness (QED) is 0.0438. The van der Waals surface area contributed by atoms with Crippen LogP contribution in [0.4, 0.5) is 34.1 Å². The summed E-state index contributed by atoms with van der Waals surface area (Å²) in [6, 6.07) is 26.3. The molecule has 0 aromatic heterocycles. The van der Waals surface area contributed by atoms with Crippen LogP contribution >= 0.6 is 23.0 Å². The molecule has 336 valence electrons. The normalized spacial score (nSPS) is 14.0. The molecule has 66 heavy (non-hydrogen) atoms. The predicted molar refractivity (Wildman–Crippen MR) is 230 cm³/mol. The lowest BCUT2D eigenvalue weighted by molar-refractivity contribution is -0.385. The summed E-state index contributed by atoms with van der Waals surface area (Å²) in [4.78, 5) is 65.5. The monoisotopic (exact) mass is 963 g/mol. The van der Waals surface area contributed by atoms with Crippen molar-refractivity contribution in [3.8, 4) is 34.5 Å². The number of rotatable bonds is 18. The molecule has 0 aliphatic carbocycles. The molecule has 0 N–H and O–H groups in total. The van der Waals surface area contributed by atoms with Gasteiger partial charge in [0.2, 0.25) is 0 Å². The highest BCUT2D eigenvalue weighted by Crippen LogP contribution is 2.78. The highest BCUT2D eigenvalue weighted by atomic mass is 31.3. The lowest BCUT2D eigenvalue weighted by atomic mass is 10.3. The van der Waals surface area contributed by atoms with Gasteiger partial charge in [0.25, 0.3) is 34.1 Å². The molecule has 0 fully saturated rings. The number of nitro groups is 6. The van der Waals surface area contributed by atoms with Crippen molar-refractivity contribution in [2.45, 2.75) is 0 Å². The fraction of sp³-hybridized carbons (Fsp3) is 0. The molecular weight excluding hydrogens is 939 g/mol. The van der Waals surface area contributed by atoms with E-state index in [1.165, 1.54) is 0 Å². The number of nitrogens with zero attached hydrogens (tertiary/aromatic N) is 9. The van der Waals surface area contributed by atoms with Crippen molar-refractivity contribution in [3.63, 3.8) is 0 Å². The van der Waals surface area contributed by atoms with Gasteiger partial charge in [-0.3, -0.25) is 60.7 Å². The van der Waals surface area contributed by atoms with E-state index >= 15 is 0 Å². The van der Waals surface area contributed by atoms with Gasteiger partial charge < -0.3 is 27.1 Å². The lowest BCUT2D eigenvalue weighted by Gasteiger charge is -2.33. The third-order valence-electron chi connectivity index (χ3n) is 8.31. The van der Waals surface area contributed by atoms with Crippen LogP contribution in [0.15, 0.2) is 159 Å². The number of nitro benzene ring substituents is 6. The molecule has 6 aromatic carbocycles. The summed E-state index contributed by atoms with van der Waals surface area (Å²) >= 11 is 0. The Morgan fingerprint density at radius 3 is 0.485 bits per heavy atom. The molecule has 1 aliphatic rings. The van der Waals surface area contributed by atoms with Crippen molar-refractivity contribution in [2.75, 3.05) is 0 Å². The fourth-order valence-electron chi connectivity index (χ4n) is 5.35. The Kier molecular flexibility index (Phi) is 12.7. The van der Waals surface area contributed by atoms with E-state index in [-0.39, 0.29) is 68.6 Å². The number of non-ortho nitro benzene ring substituents is 6. The van der Waals surface area contributed by atoms with Crippen LogP contribution in [0.5, 0.6) is 34.5 Å². The lowest BCUT2D eigenvalue weighted by Crippen LogP contribution is -2.11. The second-order valence-corrected chi connectivity index (χ2v) is 19.0. The van der Waals surface area contributed by atoms with Crippen molar-refractivity contribution in [1.29, 1.82) is 0 Å². The van der Waals surface area contributed by atoms with Gasteiger partial charge in [0.1, 0.15) is 34.5 Å². The van der Waals surface area contributed by atoms with Gasteiger partial charge in [-0.15, -0.1) is 0 Å². The Labute approximate surface area is 367 Å². The van der Waals surface area contributed by atoms with E-state index in [0.717, 1.165) is 146 Å². The molecule has 0 saturated heterocycles. The molecule has 0 bridgehead atoms. The molecule has 27 nitrogen and oxygen atoms in total. The molecule has 0 spiro atoms. The molecule has 1 heterocycles. The van der Waals surface area contributed by atoms with E-state index in [4.69, 9.17) is 40.7 Å². The molecule has 0 saturated carbocycles. The van der Waals surface area contributed by atoms with Crippen LogP contribution < -0.4 is 27.1 Å². The fourth-order valence-corrected chi connectivity index (χ4v) is 14.4. The standard InChI is InChI=1S/C36H24N9O18P3/c46-40(47)25-1-13-31(14-2-25)58-64(59-32-15-3-26(4-16-32)41(48)49)37-65(60-33-17-5-27(6-18-33)42(50)51,61-34-19-7-28(8-20-34)43(52)53)39-66(38-64,62-35-21-9-29(10-22-35)44(54)55)63-36-23-11-30(12-24-36)45(56)57/h1-24H. The average molecular weight is 964 g/mol. The van der Waals surface area contributed by atoms with Crippen LogP contribution in [0.3, 0.4) is 0 Å².